The summed E-state index contributed by atoms with van der Waals surface area (Å²) in [5.74, 6) is -1.42. The molecule has 0 spiro atoms. The first-order chi connectivity index (χ1) is 13.4. The van der Waals surface area contributed by atoms with Crippen LogP contribution in [0.1, 0.15) is 22.0 Å². The Hall–Kier alpha value is -2.15. The van der Waals surface area contributed by atoms with Crippen LogP contribution in [-0.2, 0) is 9.53 Å². The van der Waals surface area contributed by atoms with Gasteiger partial charge < -0.3 is 9.64 Å². The minimum Gasteiger partial charge on any atom is -0.468 e. The number of hydrogen-bond acceptors (Lipinski definition) is 4. The summed E-state index contributed by atoms with van der Waals surface area (Å²) in [5.41, 5.74) is 0.750. The minimum atomic E-state index is -0.645. The van der Waals surface area contributed by atoms with E-state index in [4.69, 9.17) is 27.9 Å². The fraction of sp³-hybridized carbons (Fsp3) is 0.300. The molecule has 28 heavy (non-hydrogen) atoms. The molecule has 0 radical (unpaired) electrons. The standard InChI is InChI=1S/C20H19Cl2FN2O3/c1-28-20(27)18(13-2-4-14(21)5-3-13)24-8-10-25(11-9-24)19(26)16-7-6-15(22)12-17(16)23/h2-7,12,18H,8-11H2,1H3. The number of piperazine rings is 1. The monoisotopic (exact) mass is 424 g/mol. The molecule has 0 N–H and O–H groups in total. The van der Waals surface area contributed by atoms with Gasteiger partial charge in [-0.3, -0.25) is 9.69 Å². The van der Waals surface area contributed by atoms with E-state index < -0.39 is 17.8 Å². The average Bonchev–Trinajstić information content (AvgIpc) is 2.69. The zero-order valence-electron chi connectivity index (χ0n) is 15.2. The number of hydrogen-bond donors (Lipinski definition) is 0. The zero-order chi connectivity index (χ0) is 20.3. The van der Waals surface area contributed by atoms with Crippen LogP contribution in [0.4, 0.5) is 4.39 Å². The third-order valence-corrected chi connectivity index (χ3v) is 5.23. The maximum atomic E-state index is 14.1. The first-order valence-corrected chi connectivity index (χ1v) is 9.48. The summed E-state index contributed by atoms with van der Waals surface area (Å²) in [6.07, 6.45) is 0. The predicted octanol–water partition coefficient (Wildman–Crippen LogP) is 3.80. The SMILES string of the molecule is COC(=O)C(c1ccc(Cl)cc1)N1CCN(C(=O)c2ccc(Cl)cc2F)CC1. The maximum Gasteiger partial charge on any atom is 0.327 e. The van der Waals surface area contributed by atoms with Crippen LogP contribution < -0.4 is 0 Å². The molecule has 1 aliphatic rings. The number of rotatable bonds is 4. The molecule has 1 heterocycles. The van der Waals surface area contributed by atoms with E-state index in [-0.39, 0.29) is 16.6 Å². The number of ether oxygens (including phenoxy) is 1. The summed E-state index contributed by atoms with van der Waals surface area (Å²) in [6, 6.07) is 10.4. The number of amides is 1. The molecule has 5 nitrogen and oxygen atoms in total. The highest BCUT2D eigenvalue weighted by atomic mass is 35.5. The second-order valence-electron chi connectivity index (χ2n) is 6.43. The molecule has 3 rings (SSSR count). The third-order valence-electron chi connectivity index (χ3n) is 4.74. The van der Waals surface area contributed by atoms with E-state index in [1.165, 1.54) is 19.2 Å². The summed E-state index contributed by atoms with van der Waals surface area (Å²) >= 11 is 11.7. The van der Waals surface area contributed by atoms with Crippen molar-refractivity contribution in [2.45, 2.75) is 6.04 Å². The van der Waals surface area contributed by atoms with E-state index in [1.807, 2.05) is 4.90 Å². The van der Waals surface area contributed by atoms with Gasteiger partial charge in [-0.2, -0.15) is 0 Å². The number of carbonyl (C=O) groups is 2. The van der Waals surface area contributed by atoms with Crippen LogP contribution in [0.15, 0.2) is 42.5 Å². The van der Waals surface area contributed by atoms with E-state index in [0.717, 1.165) is 11.6 Å². The summed E-state index contributed by atoms with van der Waals surface area (Å²) in [4.78, 5) is 28.5. The highest BCUT2D eigenvalue weighted by molar-refractivity contribution is 6.30. The van der Waals surface area contributed by atoms with Gasteiger partial charge in [0.25, 0.3) is 5.91 Å². The molecule has 0 aliphatic carbocycles. The van der Waals surface area contributed by atoms with Gasteiger partial charge in [0.05, 0.1) is 12.7 Å². The Labute approximate surface area is 172 Å². The topological polar surface area (TPSA) is 49.9 Å². The van der Waals surface area contributed by atoms with E-state index in [1.54, 1.807) is 29.2 Å². The molecular weight excluding hydrogens is 406 g/mol. The number of carbonyl (C=O) groups excluding carboxylic acids is 2. The van der Waals surface area contributed by atoms with E-state index >= 15 is 0 Å². The van der Waals surface area contributed by atoms with Crippen molar-refractivity contribution in [1.82, 2.24) is 9.80 Å². The number of halogens is 3. The summed E-state index contributed by atoms with van der Waals surface area (Å²) in [5, 5.41) is 0.815. The third kappa shape index (κ3) is 4.46. The van der Waals surface area contributed by atoms with Gasteiger partial charge in [-0.15, -0.1) is 0 Å². The smallest absolute Gasteiger partial charge is 0.327 e. The Kier molecular flexibility index (Phi) is 6.54. The van der Waals surface area contributed by atoms with Crippen molar-refractivity contribution in [2.75, 3.05) is 33.3 Å². The molecule has 8 heteroatoms. The largest absolute Gasteiger partial charge is 0.468 e. The van der Waals surface area contributed by atoms with E-state index in [0.29, 0.717) is 31.2 Å². The van der Waals surface area contributed by atoms with Crippen LogP contribution >= 0.6 is 23.2 Å². The lowest BCUT2D eigenvalue weighted by molar-refractivity contribution is -0.148. The predicted molar refractivity (Wildman–Crippen MR) is 105 cm³/mol. The van der Waals surface area contributed by atoms with Gasteiger partial charge in [0.1, 0.15) is 11.9 Å². The Morgan fingerprint density at radius 2 is 1.61 bits per heavy atom. The summed E-state index contributed by atoms with van der Waals surface area (Å²) < 4.78 is 19.0. The van der Waals surface area contributed by atoms with Gasteiger partial charge in [0, 0.05) is 36.2 Å². The van der Waals surface area contributed by atoms with Crippen molar-refractivity contribution in [1.29, 1.82) is 0 Å². The first kappa shape index (κ1) is 20.6. The quantitative estimate of drug-likeness (QED) is 0.700. The maximum absolute atomic E-state index is 14.1. The molecular formula is C20H19Cl2FN2O3. The Bertz CT molecular complexity index is 868. The lowest BCUT2D eigenvalue weighted by Crippen LogP contribution is -2.51. The fourth-order valence-electron chi connectivity index (χ4n) is 3.27. The van der Waals surface area contributed by atoms with Crippen molar-refractivity contribution in [2.24, 2.45) is 0 Å². The van der Waals surface area contributed by atoms with Gasteiger partial charge in [-0.05, 0) is 35.9 Å². The number of esters is 1. The highest BCUT2D eigenvalue weighted by Gasteiger charge is 2.33. The van der Waals surface area contributed by atoms with Crippen molar-refractivity contribution < 1.29 is 18.7 Å². The molecule has 1 amide bonds. The Morgan fingerprint density at radius 1 is 1.00 bits per heavy atom. The first-order valence-electron chi connectivity index (χ1n) is 8.72. The van der Waals surface area contributed by atoms with Crippen LogP contribution in [0.3, 0.4) is 0 Å². The molecule has 1 aliphatic heterocycles. The zero-order valence-corrected chi connectivity index (χ0v) is 16.7. The van der Waals surface area contributed by atoms with Crippen molar-refractivity contribution >= 4 is 35.1 Å². The molecule has 0 aromatic heterocycles. The average molecular weight is 425 g/mol. The number of nitrogens with zero attached hydrogens (tertiary/aromatic N) is 2. The highest BCUT2D eigenvalue weighted by Crippen LogP contribution is 2.26. The molecule has 1 saturated heterocycles. The fourth-order valence-corrected chi connectivity index (χ4v) is 3.55. The molecule has 0 bridgehead atoms. The minimum absolute atomic E-state index is 0.0138. The van der Waals surface area contributed by atoms with Gasteiger partial charge in [0.15, 0.2) is 0 Å². The van der Waals surface area contributed by atoms with Gasteiger partial charge in [-0.25, -0.2) is 9.18 Å². The molecule has 2 aromatic carbocycles. The second-order valence-corrected chi connectivity index (χ2v) is 7.30. The molecule has 1 fully saturated rings. The normalized spacial score (nSPS) is 15.9. The van der Waals surface area contributed by atoms with Crippen LogP contribution in [0, 0.1) is 5.82 Å². The number of benzene rings is 2. The molecule has 1 atom stereocenters. The van der Waals surface area contributed by atoms with Crippen molar-refractivity contribution in [3.8, 4) is 0 Å². The summed E-state index contributed by atoms with van der Waals surface area (Å²) in [6.45, 7) is 1.62. The van der Waals surface area contributed by atoms with Gasteiger partial charge >= 0.3 is 5.97 Å². The van der Waals surface area contributed by atoms with E-state index in [9.17, 15) is 14.0 Å². The lowest BCUT2D eigenvalue weighted by atomic mass is 10.0. The van der Waals surface area contributed by atoms with Crippen molar-refractivity contribution in [3.63, 3.8) is 0 Å². The van der Waals surface area contributed by atoms with Crippen LogP contribution in [0.5, 0.6) is 0 Å². The second kappa shape index (κ2) is 8.90. The molecule has 148 valence electrons. The van der Waals surface area contributed by atoms with Gasteiger partial charge in [-0.1, -0.05) is 35.3 Å². The van der Waals surface area contributed by atoms with Gasteiger partial charge in [0.2, 0.25) is 0 Å². The molecule has 1 unspecified atom stereocenters. The summed E-state index contributed by atoms with van der Waals surface area (Å²) in [7, 11) is 1.34. The van der Waals surface area contributed by atoms with Crippen LogP contribution in [-0.4, -0.2) is 55.0 Å². The molecule has 0 saturated carbocycles. The van der Waals surface area contributed by atoms with Crippen LogP contribution in [0.25, 0.3) is 0 Å². The number of methoxy groups -OCH3 is 1. The Morgan fingerprint density at radius 3 is 2.18 bits per heavy atom. The Balaban J connectivity index is 1.72. The lowest BCUT2D eigenvalue weighted by Gasteiger charge is -2.38. The van der Waals surface area contributed by atoms with E-state index in [2.05, 4.69) is 0 Å². The molecule has 2 aromatic rings. The van der Waals surface area contributed by atoms with Crippen molar-refractivity contribution in [3.05, 3.63) is 69.5 Å². The van der Waals surface area contributed by atoms with Crippen LogP contribution in [0.2, 0.25) is 10.0 Å².